The normalized spacial score (nSPS) is 14.1. The predicted molar refractivity (Wildman–Crippen MR) is 111 cm³/mol. The fraction of sp³-hybridized carbons (Fsp3) is 0.292. The third kappa shape index (κ3) is 3.81. The first-order valence-electron chi connectivity index (χ1n) is 9.77. The van der Waals surface area contributed by atoms with Crippen LogP contribution in [0.4, 0.5) is 0 Å². The highest BCUT2D eigenvalue weighted by atomic mass is 16.6. The van der Waals surface area contributed by atoms with Crippen LogP contribution in [0.15, 0.2) is 60.7 Å². The van der Waals surface area contributed by atoms with Crippen LogP contribution in [-0.2, 0) is 11.2 Å². The summed E-state index contributed by atoms with van der Waals surface area (Å²) in [5.74, 6) is 1.78. The number of nitrogens with one attached hydrogen (secondary N) is 1. The molecule has 0 saturated heterocycles. The molecule has 0 radical (unpaired) electrons. The lowest BCUT2D eigenvalue weighted by Crippen LogP contribution is -2.33. The van der Waals surface area contributed by atoms with Crippen LogP contribution >= 0.6 is 0 Å². The lowest BCUT2D eigenvalue weighted by Gasteiger charge is -2.25. The van der Waals surface area contributed by atoms with Crippen LogP contribution in [0.2, 0.25) is 0 Å². The van der Waals surface area contributed by atoms with Gasteiger partial charge in [-0.3, -0.25) is 4.79 Å². The summed E-state index contributed by atoms with van der Waals surface area (Å²) in [4.78, 5) is 12.9. The molecular weight excluding hydrogens is 350 g/mol. The summed E-state index contributed by atoms with van der Waals surface area (Å²) in [6.07, 6.45) is 0.356. The summed E-state index contributed by atoms with van der Waals surface area (Å²) in [5.41, 5.74) is 2.07. The largest absolute Gasteiger partial charge is 0.486 e. The molecule has 4 heteroatoms. The average Bonchev–Trinajstić information content (AvgIpc) is 2.72. The van der Waals surface area contributed by atoms with Crippen molar-refractivity contribution in [1.29, 1.82) is 0 Å². The van der Waals surface area contributed by atoms with E-state index in [4.69, 9.17) is 9.47 Å². The number of ether oxygens (including phenoxy) is 2. The number of benzene rings is 3. The quantitative estimate of drug-likeness (QED) is 0.705. The van der Waals surface area contributed by atoms with Crippen molar-refractivity contribution in [2.75, 3.05) is 13.2 Å². The molecule has 1 atom stereocenters. The maximum absolute atomic E-state index is 12.9. The summed E-state index contributed by atoms with van der Waals surface area (Å²) >= 11 is 0. The van der Waals surface area contributed by atoms with Crippen LogP contribution in [0.3, 0.4) is 0 Å². The minimum atomic E-state index is -0.0849. The second-order valence-corrected chi connectivity index (χ2v) is 7.51. The van der Waals surface area contributed by atoms with Crippen molar-refractivity contribution >= 4 is 16.7 Å². The van der Waals surface area contributed by atoms with Gasteiger partial charge in [-0.25, -0.2) is 0 Å². The van der Waals surface area contributed by atoms with Gasteiger partial charge in [0.25, 0.3) is 0 Å². The third-order valence-electron chi connectivity index (χ3n) is 5.14. The molecule has 1 N–H and O–H groups in total. The number of carbonyl (C=O) groups excluding carboxylic acids is 1. The highest BCUT2D eigenvalue weighted by Gasteiger charge is 2.21. The first-order valence-corrected chi connectivity index (χ1v) is 9.77. The SMILES string of the molecule is CC(C)[C@@H](NC(=O)Cc1cccc2ccccc12)c1ccc2c(c1)OCCO2. The number of hydrogen-bond donors (Lipinski definition) is 1. The Morgan fingerprint density at radius 3 is 2.54 bits per heavy atom. The molecule has 1 aliphatic heterocycles. The minimum Gasteiger partial charge on any atom is -0.486 e. The maximum atomic E-state index is 12.9. The van der Waals surface area contributed by atoms with E-state index in [2.05, 4.69) is 37.4 Å². The first kappa shape index (κ1) is 18.4. The van der Waals surface area contributed by atoms with E-state index in [9.17, 15) is 4.79 Å². The second-order valence-electron chi connectivity index (χ2n) is 7.51. The summed E-state index contributed by atoms with van der Waals surface area (Å²) in [5, 5.41) is 5.50. The van der Waals surface area contributed by atoms with E-state index in [1.807, 2.05) is 42.5 Å². The second kappa shape index (κ2) is 7.93. The van der Waals surface area contributed by atoms with Gasteiger partial charge in [-0.2, -0.15) is 0 Å². The fourth-order valence-corrected chi connectivity index (χ4v) is 3.73. The minimum absolute atomic E-state index is 0.0185. The fourth-order valence-electron chi connectivity index (χ4n) is 3.73. The molecule has 0 bridgehead atoms. The standard InChI is InChI=1S/C24H25NO3/c1-16(2)24(19-10-11-21-22(14-19)28-13-12-27-21)25-23(26)15-18-8-5-7-17-6-3-4-9-20(17)18/h3-11,14,16,24H,12-13,15H2,1-2H3,(H,25,26)/t24-/m1/s1. The van der Waals surface area contributed by atoms with E-state index >= 15 is 0 Å². The third-order valence-corrected chi connectivity index (χ3v) is 5.14. The molecule has 3 aromatic carbocycles. The molecule has 0 saturated carbocycles. The molecule has 0 unspecified atom stereocenters. The summed E-state index contributed by atoms with van der Waals surface area (Å²) in [7, 11) is 0. The van der Waals surface area contributed by atoms with Crippen LogP contribution < -0.4 is 14.8 Å². The van der Waals surface area contributed by atoms with E-state index < -0.39 is 0 Å². The van der Waals surface area contributed by atoms with Crippen molar-refractivity contribution in [3.05, 3.63) is 71.8 Å². The Hall–Kier alpha value is -3.01. The zero-order valence-electron chi connectivity index (χ0n) is 16.3. The molecule has 0 fully saturated rings. The van der Waals surface area contributed by atoms with Gasteiger partial charge in [0, 0.05) is 0 Å². The topological polar surface area (TPSA) is 47.6 Å². The molecule has 0 aromatic heterocycles. The van der Waals surface area contributed by atoms with E-state index in [0.29, 0.717) is 19.6 Å². The Bertz CT molecular complexity index is 991. The Morgan fingerprint density at radius 1 is 0.964 bits per heavy atom. The monoisotopic (exact) mass is 375 g/mol. The van der Waals surface area contributed by atoms with Crippen molar-refractivity contribution in [2.45, 2.75) is 26.3 Å². The van der Waals surface area contributed by atoms with Gasteiger partial charge < -0.3 is 14.8 Å². The molecule has 144 valence electrons. The molecule has 0 spiro atoms. The number of amides is 1. The Morgan fingerprint density at radius 2 is 1.71 bits per heavy atom. The van der Waals surface area contributed by atoms with Crippen molar-refractivity contribution in [3.8, 4) is 11.5 Å². The number of rotatable bonds is 5. The van der Waals surface area contributed by atoms with Crippen molar-refractivity contribution in [2.24, 2.45) is 5.92 Å². The number of carbonyl (C=O) groups is 1. The van der Waals surface area contributed by atoms with E-state index in [1.54, 1.807) is 0 Å². The first-order chi connectivity index (χ1) is 13.6. The van der Waals surface area contributed by atoms with E-state index in [0.717, 1.165) is 33.4 Å². The van der Waals surface area contributed by atoms with Crippen molar-refractivity contribution < 1.29 is 14.3 Å². The maximum Gasteiger partial charge on any atom is 0.224 e. The van der Waals surface area contributed by atoms with E-state index in [1.165, 1.54) is 0 Å². The van der Waals surface area contributed by atoms with Crippen molar-refractivity contribution in [1.82, 2.24) is 5.32 Å². The average molecular weight is 375 g/mol. The molecule has 1 amide bonds. The smallest absolute Gasteiger partial charge is 0.224 e. The zero-order chi connectivity index (χ0) is 19.5. The molecular formula is C24H25NO3. The molecule has 4 rings (SSSR count). The van der Waals surface area contributed by atoms with Gasteiger partial charge in [-0.1, -0.05) is 62.4 Å². The van der Waals surface area contributed by atoms with Gasteiger partial charge in [-0.15, -0.1) is 0 Å². The molecule has 1 aliphatic rings. The lowest BCUT2D eigenvalue weighted by molar-refractivity contribution is -0.121. The predicted octanol–water partition coefficient (Wildman–Crippen LogP) is 4.67. The molecule has 0 aliphatic carbocycles. The summed E-state index contributed by atoms with van der Waals surface area (Å²) < 4.78 is 11.3. The van der Waals surface area contributed by atoms with Gasteiger partial charge in [0.2, 0.25) is 5.91 Å². The molecule has 4 nitrogen and oxygen atoms in total. The Balaban J connectivity index is 1.54. The van der Waals surface area contributed by atoms with Gasteiger partial charge in [0.1, 0.15) is 13.2 Å². The summed E-state index contributed by atoms with van der Waals surface area (Å²) in [6.45, 7) is 5.34. The highest BCUT2D eigenvalue weighted by molar-refractivity contribution is 5.90. The van der Waals surface area contributed by atoms with Gasteiger partial charge in [0.15, 0.2) is 11.5 Å². The van der Waals surface area contributed by atoms with Gasteiger partial charge in [-0.05, 0) is 39.9 Å². The highest BCUT2D eigenvalue weighted by Crippen LogP contribution is 2.34. The van der Waals surface area contributed by atoms with E-state index in [-0.39, 0.29) is 17.9 Å². The van der Waals surface area contributed by atoms with Crippen molar-refractivity contribution in [3.63, 3.8) is 0 Å². The summed E-state index contributed by atoms with van der Waals surface area (Å²) in [6, 6.07) is 20.1. The van der Waals surface area contributed by atoms with Crippen LogP contribution in [0.25, 0.3) is 10.8 Å². The van der Waals surface area contributed by atoms with Gasteiger partial charge >= 0.3 is 0 Å². The van der Waals surface area contributed by atoms with Gasteiger partial charge in [0.05, 0.1) is 12.5 Å². The Labute approximate surface area is 165 Å². The molecule has 3 aromatic rings. The van der Waals surface area contributed by atoms with Crippen LogP contribution in [0, 0.1) is 5.92 Å². The number of hydrogen-bond acceptors (Lipinski definition) is 3. The lowest BCUT2D eigenvalue weighted by atomic mass is 9.95. The van der Waals surface area contributed by atoms with Crippen LogP contribution in [0.1, 0.15) is 31.0 Å². The molecule has 1 heterocycles. The molecule has 28 heavy (non-hydrogen) atoms. The Kier molecular flexibility index (Phi) is 5.20. The number of fused-ring (bicyclic) bond motifs is 2. The van der Waals surface area contributed by atoms with Crippen LogP contribution in [0.5, 0.6) is 11.5 Å². The zero-order valence-corrected chi connectivity index (χ0v) is 16.3. The van der Waals surface area contributed by atoms with Crippen LogP contribution in [-0.4, -0.2) is 19.1 Å².